The van der Waals surface area contributed by atoms with Crippen molar-refractivity contribution in [2.75, 3.05) is 4.90 Å². The van der Waals surface area contributed by atoms with Gasteiger partial charge in [0.1, 0.15) is 10.7 Å². The molecule has 1 aliphatic carbocycles. The van der Waals surface area contributed by atoms with Gasteiger partial charge in [-0.2, -0.15) is 0 Å². The first-order valence-electron chi connectivity index (χ1n) is 6.53. The van der Waals surface area contributed by atoms with Gasteiger partial charge in [-0.3, -0.25) is 0 Å². The minimum atomic E-state index is 0.418. The molecule has 1 aromatic heterocycles. The smallest absolute Gasteiger partial charge is 0.123 e. The molecular formula is C15H15BrN2OS. The maximum atomic E-state index is 5.67. The highest BCUT2D eigenvalue weighted by Crippen LogP contribution is 2.37. The van der Waals surface area contributed by atoms with E-state index in [1.165, 1.54) is 12.8 Å². The van der Waals surface area contributed by atoms with Gasteiger partial charge in [0.05, 0.1) is 18.5 Å². The quantitative estimate of drug-likeness (QED) is 0.831. The monoisotopic (exact) mass is 350 g/mol. The summed E-state index contributed by atoms with van der Waals surface area (Å²) >= 11 is 8.65. The van der Waals surface area contributed by atoms with Gasteiger partial charge in [-0.1, -0.05) is 12.2 Å². The highest BCUT2D eigenvalue weighted by Gasteiger charge is 2.30. The van der Waals surface area contributed by atoms with Crippen molar-refractivity contribution in [3.8, 4) is 0 Å². The molecule has 20 heavy (non-hydrogen) atoms. The van der Waals surface area contributed by atoms with Crippen LogP contribution in [-0.4, -0.2) is 11.0 Å². The normalized spacial score (nSPS) is 14.2. The first kappa shape index (κ1) is 13.6. The Labute approximate surface area is 131 Å². The van der Waals surface area contributed by atoms with Gasteiger partial charge in [-0.25, -0.2) is 0 Å². The van der Waals surface area contributed by atoms with Crippen molar-refractivity contribution < 1.29 is 4.42 Å². The summed E-state index contributed by atoms with van der Waals surface area (Å²) in [5, 5.41) is 0. The van der Waals surface area contributed by atoms with Crippen molar-refractivity contribution in [1.82, 2.24) is 0 Å². The van der Waals surface area contributed by atoms with Gasteiger partial charge in [0.2, 0.25) is 0 Å². The molecule has 1 aliphatic rings. The van der Waals surface area contributed by atoms with Crippen LogP contribution in [0, 0.1) is 0 Å². The van der Waals surface area contributed by atoms with Gasteiger partial charge in [0.15, 0.2) is 0 Å². The maximum absolute atomic E-state index is 5.67. The molecule has 0 aliphatic heterocycles. The first-order chi connectivity index (χ1) is 9.65. The molecule has 1 aromatic carbocycles. The first-order valence-corrected chi connectivity index (χ1v) is 7.73. The lowest BCUT2D eigenvalue weighted by Gasteiger charge is -2.25. The fraction of sp³-hybridized carbons (Fsp3) is 0.267. The molecule has 0 atom stereocenters. The standard InChI is InChI=1S/C15H15BrN2OS/c16-13-8-10(15(17)20)3-6-14(13)18(11-4-5-11)9-12-2-1-7-19-12/h1-3,6-8,11H,4-5,9H2,(H2,17,20). The summed E-state index contributed by atoms with van der Waals surface area (Å²) in [7, 11) is 0. The summed E-state index contributed by atoms with van der Waals surface area (Å²) in [6.45, 7) is 0.780. The maximum Gasteiger partial charge on any atom is 0.123 e. The molecule has 1 heterocycles. The minimum Gasteiger partial charge on any atom is -0.467 e. The highest BCUT2D eigenvalue weighted by atomic mass is 79.9. The zero-order chi connectivity index (χ0) is 14.1. The molecule has 3 rings (SSSR count). The number of anilines is 1. The molecule has 0 bridgehead atoms. The van der Waals surface area contributed by atoms with Gasteiger partial charge in [-0.05, 0) is 59.1 Å². The fourth-order valence-corrected chi connectivity index (χ4v) is 2.99. The largest absolute Gasteiger partial charge is 0.467 e. The fourth-order valence-electron chi connectivity index (χ4n) is 2.26. The van der Waals surface area contributed by atoms with E-state index in [0.717, 1.165) is 28.0 Å². The van der Waals surface area contributed by atoms with E-state index < -0.39 is 0 Å². The van der Waals surface area contributed by atoms with Crippen LogP contribution in [0.25, 0.3) is 0 Å². The topological polar surface area (TPSA) is 42.4 Å². The third-order valence-corrected chi connectivity index (χ3v) is 4.31. The van der Waals surface area contributed by atoms with Gasteiger partial charge < -0.3 is 15.1 Å². The molecule has 2 N–H and O–H groups in total. The van der Waals surface area contributed by atoms with Crippen molar-refractivity contribution in [2.24, 2.45) is 5.73 Å². The number of furan rings is 1. The number of halogens is 1. The Morgan fingerprint density at radius 3 is 2.75 bits per heavy atom. The van der Waals surface area contributed by atoms with E-state index in [2.05, 4.69) is 26.9 Å². The summed E-state index contributed by atoms with van der Waals surface area (Å²) in [5.41, 5.74) is 7.71. The van der Waals surface area contributed by atoms with Crippen LogP contribution >= 0.6 is 28.1 Å². The van der Waals surface area contributed by atoms with Crippen LogP contribution < -0.4 is 10.6 Å². The lowest BCUT2D eigenvalue weighted by atomic mass is 10.2. The van der Waals surface area contributed by atoms with Crippen LogP contribution in [0.5, 0.6) is 0 Å². The Hall–Kier alpha value is -1.33. The summed E-state index contributed by atoms with van der Waals surface area (Å²) in [5.74, 6) is 0.974. The number of hydrogen-bond acceptors (Lipinski definition) is 3. The average molecular weight is 351 g/mol. The predicted molar refractivity (Wildman–Crippen MR) is 87.9 cm³/mol. The molecule has 5 heteroatoms. The zero-order valence-electron chi connectivity index (χ0n) is 10.9. The van der Waals surface area contributed by atoms with E-state index in [4.69, 9.17) is 22.4 Å². The Kier molecular flexibility index (Phi) is 3.81. The number of nitrogens with zero attached hydrogens (tertiary/aromatic N) is 1. The number of benzene rings is 1. The Balaban J connectivity index is 1.89. The molecule has 0 unspecified atom stereocenters. The predicted octanol–water partition coefficient (Wildman–Crippen LogP) is 3.85. The molecule has 0 saturated heterocycles. The second-order valence-electron chi connectivity index (χ2n) is 4.97. The third-order valence-electron chi connectivity index (χ3n) is 3.44. The van der Waals surface area contributed by atoms with Crippen molar-refractivity contribution in [2.45, 2.75) is 25.4 Å². The van der Waals surface area contributed by atoms with Crippen LogP contribution in [0.4, 0.5) is 5.69 Å². The number of thiocarbonyl (C=S) groups is 1. The average Bonchev–Trinajstić information content (AvgIpc) is 3.14. The molecule has 104 valence electrons. The molecule has 1 fully saturated rings. The van der Waals surface area contributed by atoms with Gasteiger partial charge in [0.25, 0.3) is 0 Å². The van der Waals surface area contributed by atoms with E-state index >= 15 is 0 Å². The van der Waals surface area contributed by atoms with Crippen LogP contribution in [0.3, 0.4) is 0 Å². The second kappa shape index (κ2) is 5.58. The molecule has 1 saturated carbocycles. The van der Waals surface area contributed by atoms with Gasteiger partial charge in [0, 0.05) is 16.1 Å². The number of rotatable bonds is 5. The lowest BCUT2D eigenvalue weighted by molar-refractivity contribution is 0.501. The SMILES string of the molecule is NC(=S)c1ccc(N(Cc2ccco2)C2CC2)c(Br)c1. The summed E-state index contributed by atoms with van der Waals surface area (Å²) in [4.78, 5) is 2.79. The van der Waals surface area contributed by atoms with Crippen LogP contribution in [0.15, 0.2) is 45.5 Å². The molecule has 3 nitrogen and oxygen atoms in total. The second-order valence-corrected chi connectivity index (χ2v) is 6.26. The van der Waals surface area contributed by atoms with E-state index in [1.54, 1.807) is 6.26 Å². The van der Waals surface area contributed by atoms with Gasteiger partial charge >= 0.3 is 0 Å². The Bertz CT molecular complexity index is 623. The van der Waals surface area contributed by atoms with Gasteiger partial charge in [-0.15, -0.1) is 0 Å². The van der Waals surface area contributed by atoms with E-state index in [0.29, 0.717) is 11.0 Å². The molecule has 2 aromatic rings. The molecular weight excluding hydrogens is 336 g/mol. The zero-order valence-corrected chi connectivity index (χ0v) is 13.3. The summed E-state index contributed by atoms with van der Waals surface area (Å²) in [6.07, 6.45) is 4.17. The van der Waals surface area contributed by atoms with Crippen molar-refractivity contribution in [3.63, 3.8) is 0 Å². The van der Waals surface area contributed by atoms with Crippen molar-refractivity contribution >= 4 is 38.8 Å². The van der Waals surface area contributed by atoms with Crippen molar-refractivity contribution in [1.29, 1.82) is 0 Å². The lowest BCUT2D eigenvalue weighted by Crippen LogP contribution is -2.25. The minimum absolute atomic E-state index is 0.418. The number of hydrogen-bond donors (Lipinski definition) is 1. The number of nitrogens with two attached hydrogens (primary N) is 1. The van der Waals surface area contributed by atoms with E-state index in [1.807, 2.05) is 24.3 Å². The third kappa shape index (κ3) is 2.88. The summed E-state index contributed by atoms with van der Waals surface area (Å²) < 4.78 is 6.48. The molecule has 0 amide bonds. The Morgan fingerprint density at radius 2 is 2.20 bits per heavy atom. The van der Waals surface area contributed by atoms with Crippen LogP contribution in [0.1, 0.15) is 24.2 Å². The Morgan fingerprint density at radius 1 is 1.40 bits per heavy atom. The van der Waals surface area contributed by atoms with Crippen molar-refractivity contribution in [3.05, 3.63) is 52.4 Å². The molecule has 0 spiro atoms. The summed E-state index contributed by atoms with van der Waals surface area (Å²) in [6, 6.07) is 10.5. The van der Waals surface area contributed by atoms with E-state index in [9.17, 15) is 0 Å². The highest BCUT2D eigenvalue weighted by molar-refractivity contribution is 9.10. The van der Waals surface area contributed by atoms with E-state index in [-0.39, 0.29) is 0 Å². The molecule has 0 radical (unpaired) electrons. The van der Waals surface area contributed by atoms with Crippen LogP contribution in [-0.2, 0) is 6.54 Å². The van der Waals surface area contributed by atoms with Crippen LogP contribution in [0.2, 0.25) is 0 Å².